The van der Waals surface area contributed by atoms with Crippen LogP contribution in [0.25, 0.3) is 0 Å². The van der Waals surface area contributed by atoms with Gasteiger partial charge in [-0.1, -0.05) is 18.2 Å². The molecular formula is C32H37N3O8S. The van der Waals surface area contributed by atoms with Crippen LogP contribution in [0.2, 0.25) is 0 Å². The van der Waals surface area contributed by atoms with Crippen LogP contribution in [-0.4, -0.2) is 60.6 Å². The first-order valence-corrected chi connectivity index (χ1v) is 15.9. The van der Waals surface area contributed by atoms with Gasteiger partial charge in [-0.3, -0.25) is 18.8 Å². The molecule has 1 aliphatic rings. The maximum Gasteiger partial charge on any atom is 0.305 e. The molecule has 0 fully saturated rings. The second kappa shape index (κ2) is 14.8. The van der Waals surface area contributed by atoms with Gasteiger partial charge in [-0.2, -0.15) is 8.42 Å². The predicted octanol–water partition coefficient (Wildman–Crippen LogP) is 5.04. The molecule has 1 amide bonds. The monoisotopic (exact) mass is 623 g/mol. The number of nitrogens with one attached hydrogen (secondary N) is 1. The summed E-state index contributed by atoms with van der Waals surface area (Å²) >= 11 is 0. The molecule has 4 rings (SSSR count). The molecule has 12 heteroatoms. The molecule has 0 spiro atoms. The summed E-state index contributed by atoms with van der Waals surface area (Å²) in [6, 6.07) is 16.5. The number of rotatable bonds is 12. The number of nitrogens with zero attached hydrogens (tertiary/aromatic N) is 2. The second-order valence-corrected chi connectivity index (χ2v) is 12.0. The molecule has 3 aromatic rings. The first kappa shape index (κ1) is 32.5. The fourth-order valence-corrected chi connectivity index (χ4v) is 5.05. The normalized spacial score (nSPS) is 13.6. The highest BCUT2D eigenvalue weighted by atomic mass is 32.2. The average molecular weight is 624 g/mol. The first-order chi connectivity index (χ1) is 21.1. The van der Waals surface area contributed by atoms with Crippen LogP contribution >= 0.6 is 0 Å². The van der Waals surface area contributed by atoms with E-state index in [0.717, 1.165) is 35.2 Å². The summed E-state index contributed by atoms with van der Waals surface area (Å²) < 4.78 is 44.9. The van der Waals surface area contributed by atoms with Crippen molar-refractivity contribution in [2.24, 2.45) is 4.99 Å². The van der Waals surface area contributed by atoms with E-state index in [1.54, 1.807) is 24.4 Å². The van der Waals surface area contributed by atoms with Crippen molar-refractivity contribution in [1.82, 2.24) is 0 Å². The van der Waals surface area contributed by atoms with E-state index in [9.17, 15) is 18.0 Å². The van der Waals surface area contributed by atoms with E-state index >= 15 is 0 Å². The Bertz CT molecular complexity index is 1640. The Hall–Kier alpha value is -4.42. The minimum Gasteiger partial charge on any atom is -0.493 e. The number of carbonyl (C=O) groups excluding carboxylic acids is 2. The summed E-state index contributed by atoms with van der Waals surface area (Å²) in [5.41, 5.74) is 4.74. The van der Waals surface area contributed by atoms with E-state index in [0.29, 0.717) is 47.7 Å². The van der Waals surface area contributed by atoms with Crippen molar-refractivity contribution in [3.63, 3.8) is 0 Å². The molecular weight excluding hydrogens is 586 g/mol. The highest BCUT2D eigenvalue weighted by Crippen LogP contribution is 2.37. The largest absolute Gasteiger partial charge is 0.493 e. The lowest BCUT2D eigenvalue weighted by molar-refractivity contribution is -0.140. The van der Waals surface area contributed by atoms with Gasteiger partial charge in [-0.15, -0.1) is 0 Å². The number of fused-ring (bicyclic) bond motifs is 2. The summed E-state index contributed by atoms with van der Waals surface area (Å²) in [6.07, 6.45) is 5.06. The van der Waals surface area contributed by atoms with Gasteiger partial charge in [0.2, 0.25) is 0 Å². The van der Waals surface area contributed by atoms with Gasteiger partial charge in [-0.25, -0.2) is 0 Å². The number of amides is 1. The highest BCUT2D eigenvalue weighted by Gasteiger charge is 2.19. The van der Waals surface area contributed by atoms with Gasteiger partial charge in [0, 0.05) is 43.7 Å². The van der Waals surface area contributed by atoms with Gasteiger partial charge in [0.05, 0.1) is 38.3 Å². The quantitative estimate of drug-likeness (QED) is 0.218. The van der Waals surface area contributed by atoms with Crippen LogP contribution in [-0.2, 0) is 43.5 Å². The number of methoxy groups -OCH3 is 2. The molecule has 0 saturated carbocycles. The summed E-state index contributed by atoms with van der Waals surface area (Å²) in [6.45, 7) is 0.522. The Morgan fingerprint density at radius 2 is 1.77 bits per heavy atom. The predicted molar refractivity (Wildman–Crippen MR) is 169 cm³/mol. The Balaban J connectivity index is 1.59. The van der Waals surface area contributed by atoms with Crippen LogP contribution in [0.4, 0.5) is 17.1 Å². The third kappa shape index (κ3) is 9.04. The molecule has 0 atom stereocenters. The van der Waals surface area contributed by atoms with E-state index < -0.39 is 10.1 Å². The first-order valence-electron chi connectivity index (χ1n) is 14.1. The molecule has 0 aromatic heterocycles. The smallest absolute Gasteiger partial charge is 0.305 e. The van der Waals surface area contributed by atoms with Gasteiger partial charge in [-0.05, 0) is 66.3 Å². The number of aryl methyl sites for hydroxylation is 1. The summed E-state index contributed by atoms with van der Waals surface area (Å²) in [7, 11) is 1.07. The lowest BCUT2D eigenvalue weighted by atomic mass is 10.1. The number of carbonyl (C=O) groups is 2. The molecule has 1 heterocycles. The minimum atomic E-state index is -3.66. The molecule has 0 radical (unpaired) electrons. The SMILES string of the molecule is COC(=O)CCCN(C)c1cc(COc2cc3c(cc2OC)C(=O)Nc2ccccc2CC/C=N\3)cc(COS(C)(=O)=O)c1. The Labute approximate surface area is 257 Å². The van der Waals surface area contributed by atoms with Gasteiger partial charge >= 0.3 is 5.97 Å². The van der Waals surface area contributed by atoms with Crippen molar-refractivity contribution in [3.05, 3.63) is 76.9 Å². The van der Waals surface area contributed by atoms with E-state index in [2.05, 4.69) is 10.3 Å². The van der Waals surface area contributed by atoms with Crippen molar-refractivity contribution >= 4 is 45.3 Å². The van der Waals surface area contributed by atoms with Crippen molar-refractivity contribution in [3.8, 4) is 11.5 Å². The Morgan fingerprint density at radius 1 is 1.02 bits per heavy atom. The molecule has 11 nitrogen and oxygen atoms in total. The zero-order chi connectivity index (χ0) is 31.7. The molecule has 3 aromatic carbocycles. The van der Waals surface area contributed by atoms with Crippen molar-refractivity contribution in [1.29, 1.82) is 0 Å². The average Bonchev–Trinajstić information content (AvgIpc) is 3.00. The summed E-state index contributed by atoms with van der Waals surface area (Å²) in [4.78, 5) is 31.4. The molecule has 0 saturated heterocycles. The Morgan fingerprint density at radius 3 is 2.50 bits per heavy atom. The van der Waals surface area contributed by atoms with Crippen LogP contribution < -0.4 is 19.7 Å². The van der Waals surface area contributed by atoms with E-state index in [1.165, 1.54) is 14.2 Å². The topological polar surface area (TPSA) is 133 Å². The Kier molecular flexibility index (Phi) is 11.0. The summed E-state index contributed by atoms with van der Waals surface area (Å²) in [5.74, 6) is 0.149. The van der Waals surface area contributed by atoms with E-state index in [4.69, 9.17) is 18.4 Å². The minimum absolute atomic E-state index is 0.105. The van der Waals surface area contributed by atoms with Crippen molar-refractivity contribution in [2.75, 3.05) is 44.3 Å². The number of para-hydroxylation sites is 1. The zero-order valence-corrected chi connectivity index (χ0v) is 26.1. The molecule has 1 N–H and O–H groups in total. The number of esters is 1. The zero-order valence-electron chi connectivity index (χ0n) is 25.3. The van der Waals surface area contributed by atoms with E-state index in [1.807, 2.05) is 48.3 Å². The maximum atomic E-state index is 13.3. The number of anilines is 2. The molecule has 234 valence electrons. The van der Waals surface area contributed by atoms with Crippen molar-refractivity contribution in [2.45, 2.75) is 38.9 Å². The number of benzene rings is 3. The lowest BCUT2D eigenvalue weighted by Gasteiger charge is -2.21. The third-order valence-corrected chi connectivity index (χ3v) is 7.53. The molecule has 0 aliphatic carbocycles. The van der Waals surface area contributed by atoms with Crippen LogP contribution in [0.3, 0.4) is 0 Å². The standard InChI is InChI=1S/C32H37N3O8S/c1-35(14-8-12-31(36)41-3)25-16-22(15-23(17-25)21-43-44(4,38)39)20-42-30-19-28-26(18-29(30)40-2)32(37)34-27-11-6-5-9-24(27)10-7-13-33-28/h5-6,9,11,13,15-19H,7-8,10,12,14,20-21H2,1-4H3,(H,34,37)/b33-13-. The van der Waals surface area contributed by atoms with Crippen LogP contribution in [0.15, 0.2) is 59.6 Å². The number of aliphatic imine (C=N–C) groups is 1. The number of hydrogen-bond acceptors (Lipinski definition) is 10. The maximum absolute atomic E-state index is 13.3. The summed E-state index contributed by atoms with van der Waals surface area (Å²) in [5, 5.41) is 2.99. The van der Waals surface area contributed by atoms with Gasteiger partial charge < -0.3 is 24.4 Å². The second-order valence-electron chi connectivity index (χ2n) is 10.3. The number of ether oxygens (including phenoxy) is 3. The fourth-order valence-electron chi connectivity index (χ4n) is 4.70. The van der Waals surface area contributed by atoms with Gasteiger partial charge in [0.25, 0.3) is 16.0 Å². The van der Waals surface area contributed by atoms with Crippen LogP contribution in [0.5, 0.6) is 11.5 Å². The van der Waals surface area contributed by atoms with Gasteiger partial charge in [0.1, 0.15) is 6.61 Å². The highest BCUT2D eigenvalue weighted by molar-refractivity contribution is 7.85. The van der Waals surface area contributed by atoms with Crippen molar-refractivity contribution < 1.29 is 36.4 Å². The van der Waals surface area contributed by atoms with Crippen LogP contribution in [0.1, 0.15) is 46.3 Å². The van der Waals surface area contributed by atoms with E-state index in [-0.39, 0.29) is 31.5 Å². The molecule has 1 aliphatic heterocycles. The third-order valence-electron chi connectivity index (χ3n) is 6.98. The molecule has 44 heavy (non-hydrogen) atoms. The van der Waals surface area contributed by atoms with Crippen LogP contribution in [0, 0.1) is 0 Å². The fraction of sp³-hybridized carbons (Fsp3) is 0.344. The molecule has 0 unspecified atom stereocenters. The number of hydrogen-bond donors (Lipinski definition) is 1. The van der Waals surface area contributed by atoms with Gasteiger partial charge in [0.15, 0.2) is 11.5 Å². The lowest BCUT2D eigenvalue weighted by Crippen LogP contribution is -2.20. The molecule has 0 bridgehead atoms.